The SMILES string of the molecule is CC1CCC[C@@]2(C)C1CC[C@@H]1[C@@H]2CC[C@]2(C)C(c3cccnc3)=CC[C@@H]12. The summed E-state index contributed by atoms with van der Waals surface area (Å²) in [7, 11) is 0. The molecule has 4 aliphatic carbocycles. The van der Waals surface area contributed by atoms with Crippen LogP contribution in [0.4, 0.5) is 0 Å². The molecular formula is C25H35N. The fraction of sp³-hybridized carbons (Fsp3) is 0.720. The Morgan fingerprint density at radius 1 is 1.00 bits per heavy atom. The van der Waals surface area contributed by atoms with E-state index in [4.69, 9.17) is 0 Å². The summed E-state index contributed by atoms with van der Waals surface area (Å²) in [5.74, 6) is 4.74. The maximum Gasteiger partial charge on any atom is 0.0343 e. The maximum atomic E-state index is 4.41. The van der Waals surface area contributed by atoms with Gasteiger partial charge in [0.1, 0.15) is 0 Å². The summed E-state index contributed by atoms with van der Waals surface area (Å²) >= 11 is 0. The molecule has 7 atom stereocenters. The third kappa shape index (κ3) is 2.25. The lowest BCUT2D eigenvalue weighted by atomic mass is 9.43. The predicted molar refractivity (Wildman–Crippen MR) is 108 cm³/mol. The molecule has 1 aromatic heterocycles. The molecule has 26 heavy (non-hydrogen) atoms. The van der Waals surface area contributed by atoms with E-state index in [-0.39, 0.29) is 0 Å². The molecule has 0 saturated heterocycles. The van der Waals surface area contributed by atoms with Crippen molar-refractivity contribution in [2.75, 3.05) is 0 Å². The van der Waals surface area contributed by atoms with Crippen LogP contribution in [0, 0.1) is 40.4 Å². The molecule has 0 radical (unpaired) electrons. The zero-order valence-electron chi connectivity index (χ0n) is 16.9. The largest absolute Gasteiger partial charge is 0.264 e. The molecule has 3 fully saturated rings. The van der Waals surface area contributed by atoms with Crippen molar-refractivity contribution in [1.82, 2.24) is 4.98 Å². The van der Waals surface area contributed by atoms with Crippen LogP contribution in [0.2, 0.25) is 0 Å². The van der Waals surface area contributed by atoms with Crippen LogP contribution in [0.1, 0.15) is 77.7 Å². The van der Waals surface area contributed by atoms with E-state index < -0.39 is 0 Å². The molecule has 140 valence electrons. The monoisotopic (exact) mass is 349 g/mol. The Morgan fingerprint density at radius 2 is 1.88 bits per heavy atom. The van der Waals surface area contributed by atoms with E-state index in [1.165, 1.54) is 56.9 Å². The van der Waals surface area contributed by atoms with Crippen LogP contribution in [-0.2, 0) is 0 Å². The van der Waals surface area contributed by atoms with Crippen LogP contribution in [-0.4, -0.2) is 4.98 Å². The van der Waals surface area contributed by atoms with Gasteiger partial charge in [-0.2, -0.15) is 0 Å². The summed E-state index contributed by atoms with van der Waals surface area (Å²) in [4.78, 5) is 4.41. The van der Waals surface area contributed by atoms with E-state index >= 15 is 0 Å². The topological polar surface area (TPSA) is 12.9 Å². The van der Waals surface area contributed by atoms with E-state index in [1.54, 1.807) is 5.57 Å². The van der Waals surface area contributed by atoms with Crippen molar-refractivity contribution in [3.05, 3.63) is 36.2 Å². The van der Waals surface area contributed by atoms with Gasteiger partial charge in [-0.05, 0) is 96.1 Å². The number of hydrogen-bond donors (Lipinski definition) is 0. The Morgan fingerprint density at radius 3 is 2.69 bits per heavy atom. The van der Waals surface area contributed by atoms with Gasteiger partial charge in [0.05, 0.1) is 0 Å². The Bertz CT molecular complexity index is 706. The van der Waals surface area contributed by atoms with Crippen LogP contribution < -0.4 is 0 Å². The Labute approximate surface area is 159 Å². The summed E-state index contributed by atoms with van der Waals surface area (Å²) in [6.07, 6.45) is 18.1. The van der Waals surface area contributed by atoms with Crippen molar-refractivity contribution >= 4 is 5.57 Å². The van der Waals surface area contributed by atoms with E-state index in [0.717, 1.165) is 29.6 Å². The first-order valence-corrected chi connectivity index (χ1v) is 11.1. The average Bonchev–Trinajstić information content (AvgIpc) is 2.99. The van der Waals surface area contributed by atoms with E-state index in [2.05, 4.69) is 50.2 Å². The summed E-state index contributed by atoms with van der Waals surface area (Å²) in [6.45, 7) is 7.82. The first-order valence-electron chi connectivity index (χ1n) is 11.1. The van der Waals surface area contributed by atoms with E-state index in [0.29, 0.717) is 10.8 Å². The first kappa shape index (κ1) is 17.0. The molecule has 0 bridgehead atoms. The number of hydrogen-bond acceptors (Lipinski definition) is 1. The third-order valence-electron chi connectivity index (χ3n) is 9.56. The fourth-order valence-corrected chi connectivity index (χ4v) is 8.33. The minimum Gasteiger partial charge on any atom is -0.264 e. The van der Waals surface area contributed by atoms with Crippen molar-refractivity contribution in [2.24, 2.45) is 40.4 Å². The molecule has 0 aromatic carbocycles. The molecule has 0 amide bonds. The van der Waals surface area contributed by atoms with Gasteiger partial charge in [-0.1, -0.05) is 45.8 Å². The van der Waals surface area contributed by atoms with Crippen molar-refractivity contribution in [3.63, 3.8) is 0 Å². The van der Waals surface area contributed by atoms with Crippen molar-refractivity contribution < 1.29 is 0 Å². The standard InChI is InChI=1S/C25H35N/c1-17-6-4-13-24(2)20(17)9-8-19-22-11-10-21(18-7-5-15-26-16-18)25(22,3)14-12-23(19)24/h5,7,10,15-17,19-20,22-23H,4,6,8-9,11-14H2,1-3H3/t17?,19-,20?,22-,23-,24-,25+/m0/s1. The Hall–Kier alpha value is -1.11. The van der Waals surface area contributed by atoms with Gasteiger partial charge in [-0.15, -0.1) is 0 Å². The second kappa shape index (κ2) is 5.94. The number of rotatable bonds is 1. The molecular weight excluding hydrogens is 314 g/mol. The molecule has 1 heteroatoms. The van der Waals surface area contributed by atoms with Crippen LogP contribution in [0.15, 0.2) is 30.6 Å². The molecule has 1 heterocycles. The van der Waals surface area contributed by atoms with E-state index in [1.807, 2.05) is 6.20 Å². The van der Waals surface area contributed by atoms with Crippen molar-refractivity contribution in [2.45, 2.75) is 72.1 Å². The fourth-order valence-electron chi connectivity index (χ4n) is 8.33. The molecule has 1 aromatic rings. The number of aromatic nitrogens is 1. The van der Waals surface area contributed by atoms with Gasteiger partial charge < -0.3 is 0 Å². The van der Waals surface area contributed by atoms with Gasteiger partial charge in [0.2, 0.25) is 0 Å². The van der Waals surface area contributed by atoms with Crippen molar-refractivity contribution in [3.8, 4) is 0 Å². The lowest BCUT2D eigenvalue weighted by Gasteiger charge is -2.61. The molecule has 3 saturated carbocycles. The maximum absolute atomic E-state index is 4.41. The van der Waals surface area contributed by atoms with E-state index in [9.17, 15) is 0 Å². The highest BCUT2D eigenvalue weighted by Gasteiger charge is 2.58. The summed E-state index contributed by atoms with van der Waals surface area (Å²) in [5, 5.41) is 0. The number of allylic oxidation sites excluding steroid dienone is 2. The first-order chi connectivity index (χ1) is 12.5. The van der Waals surface area contributed by atoms with Crippen molar-refractivity contribution in [1.29, 1.82) is 0 Å². The second-order valence-electron chi connectivity index (χ2n) is 10.5. The average molecular weight is 350 g/mol. The van der Waals surface area contributed by atoms with Crippen LogP contribution in [0.25, 0.3) is 5.57 Å². The van der Waals surface area contributed by atoms with Gasteiger partial charge in [-0.25, -0.2) is 0 Å². The third-order valence-corrected chi connectivity index (χ3v) is 9.56. The highest BCUT2D eigenvalue weighted by Crippen LogP contribution is 2.67. The summed E-state index contributed by atoms with van der Waals surface area (Å²) < 4.78 is 0. The lowest BCUT2D eigenvalue weighted by Crippen LogP contribution is -2.53. The van der Waals surface area contributed by atoms with Crippen LogP contribution in [0.5, 0.6) is 0 Å². The van der Waals surface area contributed by atoms with Gasteiger partial charge in [-0.3, -0.25) is 4.98 Å². The van der Waals surface area contributed by atoms with Crippen LogP contribution >= 0.6 is 0 Å². The Kier molecular flexibility index (Phi) is 3.89. The van der Waals surface area contributed by atoms with Crippen LogP contribution in [0.3, 0.4) is 0 Å². The molecule has 5 rings (SSSR count). The number of pyridine rings is 1. The number of nitrogens with zero attached hydrogens (tertiary/aromatic N) is 1. The summed E-state index contributed by atoms with van der Waals surface area (Å²) in [6, 6.07) is 4.38. The zero-order chi connectivity index (χ0) is 17.9. The zero-order valence-corrected chi connectivity index (χ0v) is 16.9. The van der Waals surface area contributed by atoms with Gasteiger partial charge in [0, 0.05) is 12.4 Å². The lowest BCUT2D eigenvalue weighted by molar-refractivity contribution is -0.111. The quantitative estimate of drug-likeness (QED) is 0.546. The minimum absolute atomic E-state index is 0.383. The summed E-state index contributed by atoms with van der Waals surface area (Å²) in [5.41, 5.74) is 3.99. The number of fused-ring (bicyclic) bond motifs is 5. The van der Waals surface area contributed by atoms with Gasteiger partial charge in [0.25, 0.3) is 0 Å². The van der Waals surface area contributed by atoms with Gasteiger partial charge >= 0.3 is 0 Å². The predicted octanol–water partition coefficient (Wildman–Crippen LogP) is 6.75. The minimum atomic E-state index is 0.383. The molecule has 0 spiro atoms. The molecule has 0 N–H and O–H groups in total. The highest BCUT2D eigenvalue weighted by molar-refractivity contribution is 5.72. The molecule has 0 aliphatic heterocycles. The van der Waals surface area contributed by atoms with Gasteiger partial charge in [0.15, 0.2) is 0 Å². The molecule has 4 aliphatic rings. The normalized spacial score (nSPS) is 47.5. The second-order valence-corrected chi connectivity index (χ2v) is 10.5. The Balaban J connectivity index is 1.46. The highest BCUT2D eigenvalue weighted by atomic mass is 14.6. The molecule has 2 unspecified atom stereocenters. The molecule has 1 nitrogen and oxygen atoms in total. The smallest absolute Gasteiger partial charge is 0.0343 e.